The minimum absolute atomic E-state index is 0.0452. The molecule has 0 aromatic heterocycles. The highest BCUT2D eigenvalue weighted by molar-refractivity contribution is 5.83. The molecule has 3 heterocycles. The van der Waals surface area contributed by atoms with Gasteiger partial charge in [-0.25, -0.2) is 4.79 Å². The van der Waals surface area contributed by atoms with Crippen molar-refractivity contribution in [3.05, 3.63) is 58.8 Å². The number of amides is 2. The molecule has 0 bridgehead atoms. The van der Waals surface area contributed by atoms with Crippen LogP contribution >= 0.6 is 0 Å². The van der Waals surface area contributed by atoms with Crippen LogP contribution in [0.5, 0.6) is 23.0 Å². The number of hydrogen-bond acceptors (Lipinski definition) is 7. The molecule has 1 unspecified atom stereocenters. The smallest absolute Gasteiger partial charge is 0.325 e. The molecule has 3 aliphatic heterocycles. The maximum atomic E-state index is 14.2. The van der Waals surface area contributed by atoms with Crippen LogP contribution in [0.3, 0.4) is 0 Å². The number of fused-ring (bicyclic) bond motifs is 3. The molecule has 9 nitrogen and oxygen atoms in total. The SMILES string of the molecule is CCC1C=C2N(Cc3cc(OC)cc(OC)c31)C(=O)N(CCOC)C21CCN(Cc2cc(OC)cc(OC)c2)CC1. The predicted octanol–water partition coefficient (Wildman–Crippen LogP) is 5.03. The van der Waals surface area contributed by atoms with Crippen molar-refractivity contribution in [2.75, 3.05) is 61.8 Å². The van der Waals surface area contributed by atoms with Crippen molar-refractivity contribution in [2.45, 2.75) is 50.7 Å². The number of allylic oxidation sites excluding steroid dienone is 1. The van der Waals surface area contributed by atoms with Gasteiger partial charge >= 0.3 is 6.03 Å². The van der Waals surface area contributed by atoms with E-state index in [1.807, 2.05) is 17.0 Å². The van der Waals surface area contributed by atoms with Crippen LogP contribution < -0.4 is 18.9 Å². The lowest BCUT2D eigenvalue weighted by atomic mass is 9.81. The fourth-order valence-corrected chi connectivity index (χ4v) is 6.80. The van der Waals surface area contributed by atoms with E-state index >= 15 is 0 Å². The van der Waals surface area contributed by atoms with Crippen molar-refractivity contribution in [2.24, 2.45) is 0 Å². The number of rotatable bonds is 10. The molecular formula is C32H43N3O6. The molecule has 222 valence electrons. The zero-order valence-corrected chi connectivity index (χ0v) is 25.2. The number of carbonyl (C=O) groups is 1. The topological polar surface area (TPSA) is 72.9 Å². The summed E-state index contributed by atoms with van der Waals surface area (Å²) in [7, 11) is 8.41. The fourth-order valence-electron chi connectivity index (χ4n) is 6.80. The number of methoxy groups -OCH3 is 5. The van der Waals surface area contributed by atoms with Gasteiger partial charge in [-0.05, 0) is 48.6 Å². The number of nitrogens with zero attached hydrogens (tertiary/aromatic N) is 3. The zero-order chi connectivity index (χ0) is 29.1. The minimum Gasteiger partial charge on any atom is -0.497 e. The Hall–Kier alpha value is -3.43. The summed E-state index contributed by atoms with van der Waals surface area (Å²) in [5.74, 6) is 3.25. The van der Waals surface area contributed by atoms with Crippen LogP contribution in [0.1, 0.15) is 48.8 Å². The molecule has 2 aromatic rings. The van der Waals surface area contributed by atoms with Crippen molar-refractivity contribution in [1.29, 1.82) is 0 Å². The molecule has 9 heteroatoms. The summed E-state index contributed by atoms with van der Waals surface area (Å²) in [6, 6.07) is 10.1. The molecule has 0 N–H and O–H groups in total. The van der Waals surface area contributed by atoms with E-state index in [1.54, 1.807) is 35.5 Å². The van der Waals surface area contributed by atoms with Crippen molar-refractivity contribution in [3.63, 3.8) is 0 Å². The Balaban J connectivity index is 1.48. The third kappa shape index (κ3) is 5.33. The van der Waals surface area contributed by atoms with E-state index < -0.39 is 0 Å². The second-order valence-corrected chi connectivity index (χ2v) is 11.0. The average Bonchev–Trinajstić information content (AvgIpc) is 3.11. The van der Waals surface area contributed by atoms with Crippen LogP contribution in [0.15, 0.2) is 42.1 Å². The van der Waals surface area contributed by atoms with Gasteiger partial charge in [-0.1, -0.05) is 13.0 Å². The number of likely N-dealkylation sites (tertiary alicyclic amines) is 1. The first-order chi connectivity index (χ1) is 19.9. The first-order valence-electron chi connectivity index (χ1n) is 14.4. The molecule has 0 aliphatic carbocycles. The Bertz CT molecular complexity index is 1260. The lowest BCUT2D eigenvalue weighted by molar-refractivity contribution is 0.0669. The predicted molar refractivity (Wildman–Crippen MR) is 157 cm³/mol. The van der Waals surface area contributed by atoms with Crippen LogP contribution in [0.2, 0.25) is 0 Å². The largest absolute Gasteiger partial charge is 0.497 e. The fraction of sp³-hybridized carbons (Fsp3) is 0.531. The van der Waals surface area contributed by atoms with Crippen LogP contribution in [0.4, 0.5) is 4.79 Å². The Morgan fingerprint density at radius 1 is 0.878 bits per heavy atom. The second kappa shape index (κ2) is 12.2. The van der Waals surface area contributed by atoms with E-state index in [4.69, 9.17) is 23.7 Å². The van der Waals surface area contributed by atoms with Crippen LogP contribution in [0.25, 0.3) is 0 Å². The Morgan fingerprint density at radius 3 is 2.12 bits per heavy atom. The normalized spacial score (nSPS) is 19.9. The van der Waals surface area contributed by atoms with Crippen molar-refractivity contribution >= 4 is 6.03 Å². The Labute approximate surface area is 243 Å². The van der Waals surface area contributed by atoms with Gasteiger partial charge in [-0.15, -0.1) is 0 Å². The van der Waals surface area contributed by atoms with Gasteiger partial charge < -0.3 is 28.6 Å². The summed E-state index contributed by atoms with van der Waals surface area (Å²) in [5, 5.41) is 0. The van der Waals surface area contributed by atoms with E-state index in [1.165, 1.54) is 0 Å². The van der Waals surface area contributed by atoms with Crippen LogP contribution in [-0.4, -0.2) is 88.1 Å². The van der Waals surface area contributed by atoms with E-state index in [0.717, 1.165) is 84.3 Å². The van der Waals surface area contributed by atoms with Crippen molar-refractivity contribution < 1.29 is 28.5 Å². The number of urea groups is 1. The quantitative estimate of drug-likeness (QED) is 0.400. The highest BCUT2D eigenvalue weighted by Gasteiger charge is 2.55. The molecule has 0 radical (unpaired) electrons. The summed E-state index contributed by atoms with van der Waals surface area (Å²) >= 11 is 0. The molecule has 5 rings (SSSR count). The third-order valence-corrected chi connectivity index (χ3v) is 8.92. The Kier molecular flexibility index (Phi) is 8.66. The summed E-state index contributed by atoms with van der Waals surface area (Å²) in [6.07, 6.45) is 4.94. The number of piperidine rings is 1. The molecule has 2 fully saturated rings. The third-order valence-electron chi connectivity index (χ3n) is 8.92. The summed E-state index contributed by atoms with van der Waals surface area (Å²) < 4.78 is 27.9. The van der Waals surface area contributed by atoms with Crippen molar-refractivity contribution in [3.8, 4) is 23.0 Å². The molecule has 1 spiro atoms. The van der Waals surface area contributed by atoms with Gasteiger partial charge in [0.05, 0.1) is 47.1 Å². The molecule has 2 saturated heterocycles. The van der Waals surface area contributed by atoms with E-state index in [0.29, 0.717) is 19.7 Å². The molecule has 1 atom stereocenters. The van der Waals surface area contributed by atoms with Gasteiger partial charge in [-0.3, -0.25) is 9.80 Å². The lowest BCUT2D eigenvalue weighted by Crippen LogP contribution is -2.54. The number of carbonyl (C=O) groups excluding carboxylic acids is 1. The number of ether oxygens (including phenoxy) is 5. The first-order valence-corrected chi connectivity index (χ1v) is 14.4. The maximum absolute atomic E-state index is 14.2. The highest BCUT2D eigenvalue weighted by atomic mass is 16.5. The summed E-state index contributed by atoms with van der Waals surface area (Å²) in [4.78, 5) is 20.7. The molecule has 2 amide bonds. The standard InChI is InChI=1S/C32H43N3O6/c1-7-23-17-29-32(8-10-33(11-9-32)20-22-14-25(38-3)18-26(15-22)39-4)35(12-13-37-2)31(36)34(29)21-24-16-27(40-5)19-28(41-6)30(23)24/h14-19,23H,7-13,20-21H2,1-6H3. The van der Waals surface area contributed by atoms with Gasteiger partial charge in [0.1, 0.15) is 23.0 Å². The van der Waals surface area contributed by atoms with Crippen molar-refractivity contribution in [1.82, 2.24) is 14.7 Å². The molecule has 2 aromatic carbocycles. The van der Waals surface area contributed by atoms with Crippen LogP contribution in [-0.2, 0) is 17.8 Å². The maximum Gasteiger partial charge on any atom is 0.325 e. The highest BCUT2D eigenvalue weighted by Crippen LogP contribution is 2.49. The number of benzene rings is 2. The van der Waals surface area contributed by atoms with E-state index in [2.05, 4.69) is 41.0 Å². The van der Waals surface area contributed by atoms with Gasteiger partial charge in [0.25, 0.3) is 0 Å². The minimum atomic E-state index is -0.384. The van der Waals surface area contributed by atoms with E-state index in [-0.39, 0.29) is 17.5 Å². The molecular weight excluding hydrogens is 522 g/mol. The first kappa shape index (κ1) is 29.1. The lowest BCUT2D eigenvalue weighted by Gasteiger charge is -2.44. The van der Waals surface area contributed by atoms with Gasteiger partial charge in [0.2, 0.25) is 0 Å². The monoisotopic (exact) mass is 565 g/mol. The van der Waals surface area contributed by atoms with Gasteiger partial charge in [0.15, 0.2) is 0 Å². The molecule has 3 aliphatic rings. The zero-order valence-electron chi connectivity index (χ0n) is 25.2. The van der Waals surface area contributed by atoms with Gasteiger partial charge in [0, 0.05) is 62.6 Å². The van der Waals surface area contributed by atoms with Gasteiger partial charge in [-0.2, -0.15) is 0 Å². The Morgan fingerprint density at radius 2 is 1.54 bits per heavy atom. The second-order valence-electron chi connectivity index (χ2n) is 11.0. The molecule has 0 saturated carbocycles. The summed E-state index contributed by atoms with van der Waals surface area (Å²) in [5.41, 5.74) is 4.10. The molecule has 41 heavy (non-hydrogen) atoms. The number of hydrogen-bond donors (Lipinski definition) is 0. The summed E-state index contributed by atoms with van der Waals surface area (Å²) in [6.45, 7) is 6.26. The van der Waals surface area contributed by atoms with Crippen LogP contribution in [0, 0.1) is 0 Å². The van der Waals surface area contributed by atoms with E-state index in [9.17, 15) is 4.79 Å². The average molecular weight is 566 g/mol.